The number of hydrogen-bond acceptors (Lipinski definition) is 12. The fourth-order valence-corrected chi connectivity index (χ4v) is 7.34. The van der Waals surface area contributed by atoms with E-state index < -0.39 is 23.8 Å². The van der Waals surface area contributed by atoms with Crippen LogP contribution < -0.4 is 19.7 Å². The number of ether oxygens (including phenoxy) is 4. The van der Waals surface area contributed by atoms with Gasteiger partial charge in [-0.1, -0.05) is 6.58 Å². The third-order valence-corrected chi connectivity index (χ3v) is 10.8. The van der Waals surface area contributed by atoms with Crippen LogP contribution in [0, 0.1) is 0 Å². The molecule has 3 fully saturated rings. The molecular weight excluding hydrogens is 704 g/mol. The summed E-state index contributed by atoms with van der Waals surface area (Å²) in [4.78, 5) is 53.4. The molecular formula is C40H46N8O7. The minimum atomic E-state index is -0.850. The molecule has 2 aromatic heterocycles. The second kappa shape index (κ2) is 15.4. The first-order valence-electron chi connectivity index (χ1n) is 18.9. The highest BCUT2D eigenvalue weighted by atomic mass is 16.5. The quantitative estimate of drug-likeness (QED) is 0.133. The molecule has 1 saturated carbocycles. The summed E-state index contributed by atoms with van der Waals surface area (Å²) >= 11 is 0. The number of benzene rings is 2. The Hall–Kier alpha value is -5.38. The molecule has 2 N–H and O–H groups in total. The van der Waals surface area contributed by atoms with E-state index in [1.807, 2.05) is 24.3 Å². The van der Waals surface area contributed by atoms with Gasteiger partial charge in [0.25, 0.3) is 11.8 Å². The van der Waals surface area contributed by atoms with Crippen LogP contribution in [0.2, 0.25) is 0 Å². The van der Waals surface area contributed by atoms with Crippen LogP contribution in [0.15, 0.2) is 61.1 Å². The minimum absolute atomic E-state index is 0.0577. The van der Waals surface area contributed by atoms with Gasteiger partial charge in [-0.15, -0.1) is 0 Å². The molecule has 15 heteroatoms. The Labute approximate surface area is 319 Å². The van der Waals surface area contributed by atoms with Gasteiger partial charge in [-0.2, -0.15) is 5.10 Å². The van der Waals surface area contributed by atoms with Gasteiger partial charge in [0, 0.05) is 49.4 Å². The number of aromatic nitrogens is 4. The van der Waals surface area contributed by atoms with Crippen molar-refractivity contribution in [2.24, 2.45) is 0 Å². The molecule has 55 heavy (non-hydrogen) atoms. The van der Waals surface area contributed by atoms with Gasteiger partial charge in [-0.3, -0.25) is 29.3 Å². The number of anilines is 1. The van der Waals surface area contributed by atoms with Crippen LogP contribution in [0.4, 0.5) is 5.82 Å². The van der Waals surface area contributed by atoms with Crippen molar-refractivity contribution >= 4 is 34.4 Å². The average Bonchev–Trinajstić information content (AvgIpc) is 3.66. The fourth-order valence-electron chi connectivity index (χ4n) is 7.34. The van der Waals surface area contributed by atoms with E-state index in [2.05, 4.69) is 55.7 Å². The van der Waals surface area contributed by atoms with Gasteiger partial charge in [-0.05, 0) is 75.9 Å². The van der Waals surface area contributed by atoms with E-state index in [0.717, 1.165) is 77.8 Å². The molecule has 1 unspecified atom stereocenters. The van der Waals surface area contributed by atoms with Crippen LogP contribution in [-0.4, -0.2) is 125 Å². The molecule has 4 aromatic rings. The van der Waals surface area contributed by atoms with E-state index >= 15 is 0 Å². The maximum Gasteiger partial charge on any atom is 0.262 e. The van der Waals surface area contributed by atoms with Gasteiger partial charge in [0.1, 0.15) is 47.6 Å². The number of piperidine rings is 1. The summed E-state index contributed by atoms with van der Waals surface area (Å²) in [5.41, 5.74) is 3.52. The molecule has 4 aliphatic rings. The van der Waals surface area contributed by atoms with E-state index in [1.165, 1.54) is 0 Å². The van der Waals surface area contributed by atoms with Crippen molar-refractivity contribution in [3.63, 3.8) is 0 Å². The third-order valence-electron chi connectivity index (χ3n) is 10.8. The zero-order valence-corrected chi connectivity index (χ0v) is 31.2. The van der Waals surface area contributed by atoms with Crippen LogP contribution in [0.5, 0.6) is 11.5 Å². The Morgan fingerprint density at radius 2 is 1.69 bits per heavy atom. The van der Waals surface area contributed by atoms with Crippen molar-refractivity contribution in [2.75, 3.05) is 64.1 Å². The van der Waals surface area contributed by atoms with Crippen molar-refractivity contribution in [3.05, 3.63) is 72.2 Å². The molecule has 3 aliphatic heterocycles. The molecule has 0 bridgehead atoms. The number of piperazine rings is 1. The number of fused-ring (bicyclic) bond motifs is 2. The lowest BCUT2D eigenvalue weighted by Gasteiger charge is -2.40. The highest BCUT2D eigenvalue weighted by Gasteiger charge is 2.44. The number of nitrogens with zero attached hydrogens (tertiary/aromatic N) is 6. The summed E-state index contributed by atoms with van der Waals surface area (Å²) in [5, 5.41) is 11.3. The number of hydrogen-bond donors (Lipinski definition) is 2. The van der Waals surface area contributed by atoms with Gasteiger partial charge >= 0.3 is 0 Å². The fraction of sp³-hybridized carbons (Fsp3) is 0.450. The van der Waals surface area contributed by atoms with Gasteiger partial charge in [0.05, 0.1) is 48.8 Å². The van der Waals surface area contributed by atoms with Crippen molar-refractivity contribution in [3.8, 4) is 22.9 Å². The molecule has 5 heterocycles. The van der Waals surface area contributed by atoms with Gasteiger partial charge in [0.15, 0.2) is 0 Å². The summed E-state index contributed by atoms with van der Waals surface area (Å²) in [6, 6.07) is 12.3. The molecule has 3 amide bonds. The SMILES string of the molecule is C=C1CCC(N2C(=O)c3ccc(OCCOCCOCCN4CCN(c5cc(-c6n[nH]c7ccc(OC8(C)CC8)cc67)ncn5)C[C@@H]4C)cc3C2=O)C(=O)N1. The number of H-pyrrole nitrogens is 1. The lowest BCUT2D eigenvalue weighted by molar-refractivity contribution is -0.125. The molecule has 2 saturated heterocycles. The highest BCUT2D eigenvalue weighted by Crippen LogP contribution is 2.40. The number of carbonyl (C=O) groups is 3. The predicted octanol–water partition coefficient (Wildman–Crippen LogP) is 3.96. The van der Waals surface area contributed by atoms with E-state index in [4.69, 9.17) is 18.9 Å². The Bertz CT molecular complexity index is 2120. The summed E-state index contributed by atoms with van der Waals surface area (Å²) < 4.78 is 23.5. The summed E-state index contributed by atoms with van der Waals surface area (Å²) in [7, 11) is 0. The molecule has 15 nitrogen and oxygen atoms in total. The number of imide groups is 1. The molecule has 288 valence electrons. The van der Waals surface area contributed by atoms with E-state index in [0.29, 0.717) is 56.8 Å². The van der Waals surface area contributed by atoms with E-state index in [1.54, 1.807) is 24.5 Å². The number of rotatable bonds is 15. The molecule has 8 rings (SSSR count). The smallest absolute Gasteiger partial charge is 0.262 e. The second-order valence-corrected chi connectivity index (χ2v) is 14.8. The number of aromatic amines is 1. The summed E-state index contributed by atoms with van der Waals surface area (Å²) in [6.45, 7) is 13.6. The third kappa shape index (κ3) is 7.90. The maximum absolute atomic E-state index is 13.1. The van der Waals surface area contributed by atoms with Crippen molar-refractivity contribution in [1.82, 2.24) is 35.3 Å². The average molecular weight is 751 g/mol. The van der Waals surface area contributed by atoms with E-state index in [-0.39, 0.29) is 23.3 Å². The number of amides is 3. The van der Waals surface area contributed by atoms with Crippen molar-refractivity contribution in [2.45, 2.75) is 57.2 Å². The Morgan fingerprint density at radius 1 is 0.909 bits per heavy atom. The van der Waals surface area contributed by atoms with Crippen LogP contribution in [0.1, 0.15) is 60.2 Å². The molecule has 0 radical (unpaired) electrons. The predicted molar refractivity (Wildman–Crippen MR) is 203 cm³/mol. The Morgan fingerprint density at radius 3 is 2.49 bits per heavy atom. The topological polar surface area (TPSA) is 164 Å². The lowest BCUT2D eigenvalue weighted by Crippen LogP contribution is -2.53. The second-order valence-electron chi connectivity index (χ2n) is 14.8. The van der Waals surface area contributed by atoms with Crippen LogP contribution >= 0.6 is 0 Å². The standard InChI is InChI=1S/C40H46N8O7/c1-25-4-9-34(37(49)43-25)48-38(50)29-7-5-27(20-30(29)39(48)51)54-19-18-53-17-16-52-15-14-46-12-13-47(23-26(46)2)35-22-33(41-24-42-35)36-31-21-28(55-40(3)10-11-40)6-8-32(31)44-45-36/h5-8,20-22,24,26,34H,1,4,9-19,23H2,2-3H3,(H,43,49)(H,44,45)/t26-,34?/m0/s1. The summed E-state index contributed by atoms with van der Waals surface area (Å²) in [5.74, 6) is 0.814. The van der Waals surface area contributed by atoms with Crippen LogP contribution in [-0.2, 0) is 14.3 Å². The number of nitrogens with one attached hydrogen (secondary N) is 2. The lowest BCUT2D eigenvalue weighted by atomic mass is 10.0. The molecule has 1 aliphatic carbocycles. The minimum Gasteiger partial charge on any atom is -0.491 e. The maximum atomic E-state index is 13.1. The molecule has 2 aromatic carbocycles. The van der Waals surface area contributed by atoms with Crippen LogP contribution in [0.3, 0.4) is 0 Å². The Kier molecular flexibility index (Phi) is 10.2. The van der Waals surface area contributed by atoms with Gasteiger partial charge in [0.2, 0.25) is 5.91 Å². The van der Waals surface area contributed by atoms with Crippen LogP contribution in [0.25, 0.3) is 22.3 Å². The number of allylic oxidation sites excluding steroid dienone is 1. The summed E-state index contributed by atoms with van der Waals surface area (Å²) in [6.07, 6.45) is 4.62. The van der Waals surface area contributed by atoms with E-state index in [9.17, 15) is 14.4 Å². The zero-order valence-electron chi connectivity index (χ0n) is 31.2. The molecule has 0 spiro atoms. The first kappa shape index (κ1) is 36.6. The highest BCUT2D eigenvalue weighted by molar-refractivity contribution is 6.23. The van der Waals surface area contributed by atoms with Crippen molar-refractivity contribution in [1.29, 1.82) is 0 Å². The van der Waals surface area contributed by atoms with Gasteiger partial charge < -0.3 is 29.2 Å². The number of carbonyl (C=O) groups excluding carboxylic acids is 3. The first-order valence-corrected chi connectivity index (χ1v) is 18.9. The van der Waals surface area contributed by atoms with Crippen molar-refractivity contribution < 1.29 is 33.3 Å². The Balaban J connectivity index is 0.734. The monoisotopic (exact) mass is 750 g/mol. The first-order chi connectivity index (χ1) is 26.7. The largest absolute Gasteiger partial charge is 0.491 e. The molecule has 2 atom stereocenters. The van der Waals surface area contributed by atoms with Gasteiger partial charge in [-0.25, -0.2) is 9.97 Å². The normalized spacial score (nSPS) is 20.9. The zero-order chi connectivity index (χ0) is 38.1.